The summed E-state index contributed by atoms with van der Waals surface area (Å²) in [6.07, 6.45) is 0. The van der Waals surface area contributed by atoms with Crippen LogP contribution in [0.1, 0.15) is 31.8 Å². The van der Waals surface area contributed by atoms with Crippen LogP contribution in [0.2, 0.25) is 0 Å². The zero-order chi connectivity index (χ0) is 21.3. The number of rotatable bonds is 4. The number of hydrogen-bond donors (Lipinski definition) is 0. The molecule has 30 heavy (non-hydrogen) atoms. The lowest BCUT2D eigenvalue weighted by Crippen LogP contribution is -2.11. The van der Waals surface area contributed by atoms with E-state index in [9.17, 15) is 18.4 Å². The van der Waals surface area contributed by atoms with E-state index in [4.69, 9.17) is 0 Å². The van der Waals surface area contributed by atoms with E-state index in [0.717, 1.165) is 0 Å². The summed E-state index contributed by atoms with van der Waals surface area (Å²) < 4.78 is 26.0. The molecule has 0 unspecified atom stereocenters. The van der Waals surface area contributed by atoms with Gasteiger partial charge in [0.15, 0.2) is 11.6 Å². The minimum atomic E-state index is -0.442. The number of benzene rings is 4. The molecule has 0 saturated carbocycles. The second-order valence-electron chi connectivity index (χ2n) is 6.37. The van der Waals surface area contributed by atoms with Gasteiger partial charge < -0.3 is 0 Å². The molecule has 0 bridgehead atoms. The van der Waals surface area contributed by atoms with Crippen LogP contribution in [0.3, 0.4) is 0 Å². The molecule has 0 saturated heterocycles. The first kappa shape index (κ1) is 20.8. The zero-order valence-corrected chi connectivity index (χ0v) is 16.0. The summed E-state index contributed by atoms with van der Waals surface area (Å²) in [4.78, 5) is 25.3. The molecule has 4 heteroatoms. The van der Waals surface area contributed by atoms with E-state index in [1.165, 1.54) is 48.5 Å². The van der Waals surface area contributed by atoms with Crippen molar-refractivity contribution >= 4 is 11.6 Å². The Morgan fingerprint density at radius 2 is 0.733 bits per heavy atom. The van der Waals surface area contributed by atoms with Crippen molar-refractivity contribution < 1.29 is 18.4 Å². The monoisotopic (exact) mass is 400 g/mol. The molecular formula is C26H18F2O2. The van der Waals surface area contributed by atoms with E-state index in [0.29, 0.717) is 0 Å². The van der Waals surface area contributed by atoms with E-state index in [1.807, 2.05) is 36.4 Å². The summed E-state index contributed by atoms with van der Waals surface area (Å²) in [7, 11) is 0. The number of carbonyl (C=O) groups is 2. The molecule has 0 aliphatic carbocycles. The predicted molar refractivity (Wildman–Crippen MR) is 113 cm³/mol. The Bertz CT molecular complexity index is 1020. The fraction of sp³-hybridized carbons (Fsp3) is 0. The van der Waals surface area contributed by atoms with Gasteiger partial charge in [0.05, 0.1) is 0 Å². The molecule has 0 fully saturated rings. The van der Waals surface area contributed by atoms with Crippen molar-refractivity contribution in [2.75, 3.05) is 0 Å². The molecule has 148 valence electrons. The van der Waals surface area contributed by atoms with Crippen LogP contribution in [0.5, 0.6) is 0 Å². The van der Waals surface area contributed by atoms with E-state index in [1.54, 1.807) is 24.3 Å². The molecule has 0 aliphatic rings. The quantitative estimate of drug-likeness (QED) is 0.387. The Kier molecular flexibility index (Phi) is 6.95. The fourth-order valence-electron chi connectivity index (χ4n) is 2.78. The maximum Gasteiger partial charge on any atom is 0.193 e. The smallest absolute Gasteiger partial charge is 0.193 e. The van der Waals surface area contributed by atoms with Crippen LogP contribution in [0.25, 0.3) is 0 Å². The topological polar surface area (TPSA) is 34.1 Å². The van der Waals surface area contributed by atoms with Gasteiger partial charge in [-0.25, -0.2) is 8.78 Å². The molecule has 0 spiro atoms. The minimum Gasteiger partial charge on any atom is -0.289 e. The summed E-state index contributed by atoms with van der Waals surface area (Å²) in [5, 5.41) is 0. The lowest BCUT2D eigenvalue weighted by atomic mass is 9.93. The van der Waals surface area contributed by atoms with Gasteiger partial charge in [-0.05, 0) is 48.5 Å². The Hall–Kier alpha value is -3.92. The summed E-state index contributed by atoms with van der Waals surface area (Å²) in [5.41, 5.74) is 1.02. The van der Waals surface area contributed by atoms with Crippen molar-refractivity contribution in [2.45, 2.75) is 0 Å². The third kappa shape index (κ3) is 5.32. The standard InChI is InChI=1S/C20H12F2O2.C6H6/c21-15-9-5-13(6-10-15)19(23)17-3-1-2-4-18(17)20(24)14-7-11-16(22)12-8-14;1-2-4-6-5-3-1/h1-12H;1-6H. The lowest BCUT2D eigenvalue weighted by Gasteiger charge is -2.08. The fourth-order valence-corrected chi connectivity index (χ4v) is 2.78. The highest BCUT2D eigenvalue weighted by Gasteiger charge is 2.19. The van der Waals surface area contributed by atoms with Crippen LogP contribution < -0.4 is 0 Å². The Morgan fingerprint density at radius 3 is 1.03 bits per heavy atom. The number of hydrogen-bond acceptors (Lipinski definition) is 2. The van der Waals surface area contributed by atoms with Gasteiger partial charge in [-0.15, -0.1) is 0 Å². The predicted octanol–water partition coefficient (Wildman–Crippen LogP) is 6.11. The van der Waals surface area contributed by atoms with Gasteiger partial charge >= 0.3 is 0 Å². The lowest BCUT2D eigenvalue weighted by molar-refractivity contribution is 0.100. The summed E-state index contributed by atoms with van der Waals surface area (Å²) in [6, 6.07) is 28.6. The van der Waals surface area contributed by atoms with Crippen LogP contribution in [0.4, 0.5) is 8.78 Å². The molecule has 4 rings (SSSR count). The zero-order valence-electron chi connectivity index (χ0n) is 16.0. The molecule has 4 aromatic carbocycles. The van der Waals surface area contributed by atoms with Crippen LogP contribution in [-0.4, -0.2) is 11.6 Å². The van der Waals surface area contributed by atoms with Gasteiger partial charge in [0.25, 0.3) is 0 Å². The van der Waals surface area contributed by atoms with Crippen molar-refractivity contribution in [1.29, 1.82) is 0 Å². The SMILES string of the molecule is O=C(c1ccc(F)cc1)c1ccccc1C(=O)c1ccc(F)cc1.c1ccccc1. The second-order valence-corrected chi connectivity index (χ2v) is 6.37. The first-order valence-electron chi connectivity index (χ1n) is 9.26. The summed E-state index contributed by atoms with van der Waals surface area (Å²) in [5.74, 6) is -1.63. The van der Waals surface area contributed by atoms with E-state index in [2.05, 4.69) is 0 Å². The second kappa shape index (κ2) is 10.0. The van der Waals surface area contributed by atoms with Crippen molar-refractivity contribution in [2.24, 2.45) is 0 Å². The molecule has 4 aromatic rings. The molecule has 0 aromatic heterocycles. The van der Waals surface area contributed by atoms with Crippen molar-refractivity contribution in [3.05, 3.63) is 143 Å². The van der Waals surface area contributed by atoms with Gasteiger partial charge in [-0.1, -0.05) is 60.7 Å². The maximum absolute atomic E-state index is 13.0. The first-order chi connectivity index (χ1) is 14.6. The van der Waals surface area contributed by atoms with Crippen LogP contribution in [0, 0.1) is 11.6 Å². The Balaban J connectivity index is 0.000000367. The first-order valence-corrected chi connectivity index (χ1v) is 9.26. The highest BCUT2D eigenvalue weighted by molar-refractivity contribution is 6.19. The third-order valence-electron chi connectivity index (χ3n) is 4.30. The Morgan fingerprint density at radius 1 is 0.433 bits per heavy atom. The molecule has 0 radical (unpaired) electrons. The van der Waals surface area contributed by atoms with E-state index < -0.39 is 11.6 Å². The molecule has 0 N–H and O–H groups in total. The number of ketones is 2. The van der Waals surface area contributed by atoms with Crippen molar-refractivity contribution in [3.63, 3.8) is 0 Å². The average Bonchev–Trinajstić information content (AvgIpc) is 2.81. The normalized spacial score (nSPS) is 9.93. The molecule has 0 amide bonds. The molecule has 0 atom stereocenters. The van der Waals surface area contributed by atoms with Gasteiger partial charge in [0, 0.05) is 22.3 Å². The van der Waals surface area contributed by atoms with Crippen molar-refractivity contribution in [3.8, 4) is 0 Å². The van der Waals surface area contributed by atoms with Crippen LogP contribution in [-0.2, 0) is 0 Å². The van der Waals surface area contributed by atoms with Crippen molar-refractivity contribution in [1.82, 2.24) is 0 Å². The molecule has 0 heterocycles. The highest BCUT2D eigenvalue weighted by Crippen LogP contribution is 2.19. The third-order valence-corrected chi connectivity index (χ3v) is 4.30. The number of halogens is 2. The summed E-state index contributed by atoms with van der Waals surface area (Å²) >= 11 is 0. The minimum absolute atomic E-state index is 0.221. The maximum atomic E-state index is 13.0. The largest absolute Gasteiger partial charge is 0.289 e. The average molecular weight is 400 g/mol. The van der Waals surface area contributed by atoms with Gasteiger partial charge in [0.1, 0.15) is 11.6 Å². The van der Waals surface area contributed by atoms with E-state index in [-0.39, 0.29) is 33.8 Å². The Labute approximate surface area is 173 Å². The highest BCUT2D eigenvalue weighted by atomic mass is 19.1. The molecular weight excluding hydrogens is 382 g/mol. The van der Waals surface area contributed by atoms with Gasteiger partial charge in [0.2, 0.25) is 0 Å². The van der Waals surface area contributed by atoms with Crippen LogP contribution in [0.15, 0.2) is 109 Å². The number of carbonyl (C=O) groups excluding carboxylic acids is 2. The molecule has 0 aliphatic heterocycles. The van der Waals surface area contributed by atoms with Gasteiger partial charge in [-0.3, -0.25) is 9.59 Å². The van der Waals surface area contributed by atoms with Crippen LogP contribution >= 0.6 is 0 Å². The summed E-state index contributed by atoms with van der Waals surface area (Å²) in [6.45, 7) is 0. The van der Waals surface area contributed by atoms with E-state index >= 15 is 0 Å². The van der Waals surface area contributed by atoms with Gasteiger partial charge in [-0.2, -0.15) is 0 Å². The molecule has 2 nitrogen and oxygen atoms in total.